The van der Waals surface area contributed by atoms with E-state index in [4.69, 9.17) is 38.6 Å². The summed E-state index contributed by atoms with van der Waals surface area (Å²) in [6.07, 6.45) is 21.6. The minimum Gasteiger partial charge on any atom is -0.508 e. The second kappa shape index (κ2) is 49.3. The Morgan fingerprint density at radius 2 is 0.635 bits per heavy atom. The first-order valence-electron chi connectivity index (χ1n) is 53.4. The summed E-state index contributed by atoms with van der Waals surface area (Å²) in [5.41, 5.74) is 11.6. The van der Waals surface area contributed by atoms with Gasteiger partial charge in [0, 0.05) is 11.8 Å². The summed E-state index contributed by atoms with van der Waals surface area (Å²) in [5.74, 6) is 15.5. The summed E-state index contributed by atoms with van der Waals surface area (Å²) in [5, 5.41) is 23.8. The second-order valence-electron chi connectivity index (χ2n) is 44.5. The van der Waals surface area contributed by atoms with E-state index in [-0.39, 0.29) is 24.5 Å². The van der Waals surface area contributed by atoms with Crippen molar-refractivity contribution in [2.24, 2.45) is 70.0 Å². The largest absolute Gasteiger partial charge is 0.508 e. The third kappa shape index (κ3) is 27.1. The maximum absolute atomic E-state index is 12.2. The van der Waals surface area contributed by atoms with Crippen LogP contribution in [0.1, 0.15) is 392 Å². The molecule has 0 aliphatic heterocycles. The van der Waals surface area contributed by atoms with Gasteiger partial charge in [0.2, 0.25) is 12.6 Å². The number of phenolic OH excluding ortho intramolecular Hbond substituents is 2. The molecule has 18 rings (SSSR count). The maximum Gasteiger partial charge on any atom is 0.312 e. The molecule has 4 bridgehead atoms. The van der Waals surface area contributed by atoms with E-state index in [1.54, 1.807) is 24.3 Å². The molecule has 6 fully saturated rings. The summed E-state index contributed by atoms with van der Waals surface area (Å²) in [4.78, 5) is 24.3. The predicted octanol–water partition coefficient (Wildman–Crippen LogP) is 34.9. The zero-order valence-electron chi connectivity index (χ0n) is 88.8. The molecule has 10 aromatic rings. The van der Waals surface area contributed by atoms with E-state index in [0.29, 0.717) is 82.9 Å². The van der Waals surface area contributed by atoms with Crippen molar-refractivity contribution < 1.29 is 48.2 Å². The van der Waals surface area contributed by atoms with Gasteiger partial charge in [-0.25, -0.2) is 0 Å². The zero-order valence-corrected chi connectivity index (χ0v) is 88.8. The molecule has 742 valence electrons. The van der Waals surface area contributed by atoms with Gasteiger partial charge >= 0.3 is 11.9 Å². The fraction of sp³-hybridized carbons (Fsp3) is 0.543. The van der Waals surface area contributed by atoms with E-state index in [9.17, 15) is 9.59 Å². The SMILES string of the molecule is CC1c2cccc3cccc(c23)C1C.CC1c2cccc3cccc(c23)C1C.CCC(C)(C)C(=O)OC(C)(C)c1ccccc1.CCC(C)(C)C(=O)OC(C)(CC)c1ccccc1.CCC(C)c1ccc(O)cc1.CCC(C)c1ccc(O)cc1.CCC(C)c1ccc(OC(OC2CC3CC2C2CCCC32)C(C)C)cc1.CCC(C)c1ccc(OC(OC2CC3CC2C2CCCC32)C(C)C)cc1. The van der Waals surface area contributed by atoms with Crippen LogP contribution in [0, 0.1) is 70.0 Å². The van der Waals surface area contributed by atoms with Crippen molar-refractivity contribution in [2.75, 3.05) is 0 Å². The van der Waals surface area contributed by atoms with Crippen molar-refractivity contribution in [3.8, 4) is 23.0 Å². The molecular formula is C127H174O10. The molecule has 8 aliphatic carbocycles. The molecular weight excluding hydrogens is 1690 g/mol. The first kappa shape index (κ1) is 108. The summed E-state index contributed by atoms with van der Waals surface area (Å²) < 4.78 is 37.2. The van der Waals surface area contributed by atoms with Gasteiger partial charge in [0.25, 0.3) is 0 Å². The van der Waals surface area contributed by atoms with Crippen LogP contribution in [-0.4, -0.2) is 46.9 Å². The van der Waals surface area contributed by atoms with Crippen molar-refractivity contribution in [3.63, 3.8) is 0 Å². The van der Waals surface area contributed by atoms with Gasteiger partial charge in [-0.05, 0) is 365 Å². The highest BCUT2D eigenvalue weighted by Gasteiger charge is 2.56. The second-order valence-corrected chi connectivity index (χ2v) is 44.5. The molecule has 0 heterocycles. The summed E-state index contributed by atoms with van der Waals surface area (Å²) in [6.45, 7) is 55.5. The van der Waals surface area contributed by atoms with Crippen molar-refractivity contribution in [2.45, 2.75) is 373 Å². The Kier molecular flexibility index (Phi) is 38.9. The van der Waals surface area contributed by atoms with Crippen LogP contribution in [0.2, 0.25) is 0 Å². The van der Waals surface area contributed by atoms with Gasteiger partial charge in [-0.1, -0.05) is 326 Å². The highest BCUT2D eigenvalue weighted by Crippen LogP contribution is 2.61. The van der Waals surface area contributed by atoms with Crippen molar-refractivity contribution in [1.29, 1.82) is 0 Å². The van der Waals surface area contributed by atoms with Crippen LogP contribution < -0.4 is 9.47 Å². The molecule has 8 aliphatic rings. The zero-order chi connectivity index (χ0) is 99.4. The van der Waals surface area contributed by atoms with Gasteiger partial charge in [-0.2, -0.15) is 0 Å². The number of aromatic hydroxyl groups is 2. The molecule has 0 radical (unpaired) electrons. The smallest absolute Gasteiger partial charge is 0.312 e. The van der Waals surface area contributed by atoms with E-state index in [2.05, 4.69) is 232 Å². The lowest BCUT2D eigenvalue weighted by Crippen LogP contribution is -2.37. The number of carbonyl (C=O) groups is 2. The summed E-state index contributed by atoms with van der Waals surface area (Å²) in [7, 11) is 0. The highest BCUT2D eigenvalue weighted by molar-refractivity contribution is 5.93. The molecule has 2 N–H and O–H groups in total. The Balaban J connectivity index is 0.000000153. The van der Waals surface area contributed by atoms with E-state index in [1.165, 1.54) is 143 Å². The standard InChI is InChI=1S/2C24H36O2.C16H24O2.C15H22O2.2C14H14.2C10H14O/c2*1-5-16(4)17-9-11-19(12-10-17)25-24(15(2)3)26-23-14-18-13-22(23)21-8-6-7-20(18)21;1-6-15(3,4)14(17)18-16(5,7-2)13-11-9-8-10-12-13;1-6-14(2,3)13(16)17-15(4,5)12-10-8-7-9-11-12;2*1-9-10(2)13-8-4-6-11-5-3-7-12(9)14(11)13;2*1-3-8(2)9-4-6-10(11)7-5-9/h2*9-12,15-16,18,20-24H,5-8,13-14H2,1-4H3;8-12H,6-7H2,1-5H3;7-11H,6H2,1-5H3;2*3-10H,1-2H3;2*4-8,11H,3H2,1-2H3. The topological polar surface area (TPSA) is 130 Å². The minimum atomic E-state index is -0.579. The Morgan fingerprint density at radius 3 is 0.934 bits per heavy atom. The number of esters is 2. The van der Waals surface area contributed by atoms with Gasteiger partial charge in [0.1, 0.15) is 34.2 Å². The third-order valence-corrected chi connectivity index (χ3v) is 33.7. The molecule has 0 aromatic heterocycles. The van der Waals surface area contributed by atoms with E-state index < -0.39 is 22.0 Å². The van der Waals surface area contributed by atoms with Crippen LogP contribution in [-0.2, 0) is 39.7 Å². The van der Waals surface area contributed by atoms with Gasteiger partial charge in [-0.15, -0.1) is 0 Å². The summed E-state index contributed by atoms with van der Waals surface area (Å²) >= 11 is 0. The Morgan fingerprint density at radius 1 is 0.336 bits per heavy atom. The Hall–Kier alpha value is -9.22. The Bertz CT molecular complexity index is 5000. The first-order chi connectivity index (χ1) is 65.3. The van der Waals surface area contributed by atoms with Gasteiger partial charge < -0.3 is 38.6 Å². The quantitative estimate of drug-likeness (QED) is 0.0379. The molecule has 0 saturated heterocycles. The lowest BCUT2D eigenvalue weighted by Gasteiger charge is -2.35. The highest BCUT2D eigenvalue weighted by atomic mass is 16.7. The minimum absolute atomic E-state index is 0.127. The van der Waals surface area contributed by atoms with Crippen molar-refractivity contribution in [1.82, 2.24) is 0 Å². The molecule has 10 aromatic carbocycles. The molecule has 21 atom stereocenters. The number of hydrogen-bond donors (Lipinski definition) is 2. The molecule has 6 saturated carbocycles. The molecule has 0 amide bonds. The van der Waals surface area contributed by atoms with Crippen LogP contribution in [0.3, 0.4) is 0 Å². The predicted molar refractivity (Wildman–Crippen MR) is 572 cm³/mol. The van der Waals surface area contributed by atoms with Crippen molar-refractivity contribution >= 4 is 33.5 Å². The Labute approximate surface area is 828 Å². The third-order valence-electron chi connectivity index (χ3n) is 33.7. The average molecular weight is 1860 g/mol. The maximum atomic E-state index is 12.2. The van der Waals surface area contributed by atoms with Crippen molar-refractivity contribution in [3.05, 3.63) is 286 Å². The van der Waals surface area contributed by atoms with Gasteiger partial charge in [-0.3, -0.25) is 9.59 Å². The normalized spacial score (nSPS) is 23.8. The van der Waals surface area contributed by atoms with Crippen LogP contribution in [0.5, 0.6) is 23.0 Å². The number of carbonyl (C=O) groups excluding carboxylic acids is 2. The molecule has 137 heavy (non-hydrogen) atoms. The van der Waals surface area contributed by atoms with Crippen LogP contribution in [0.4, 0.5) is 0 Å². The number of phenols is 2. The van der Waals surface area contributed by atoms with Crippen LogP contribution in [0.15, 0.2) is 231 Å². The van der Waals surface area contributed by atoms with E-state index in [1.807, 2.05) is 154 Å². The first-order valence-corrected chi connectivity index (χ1v) is 53.4. The monoisotopic (exact) mass is 1860 g/mol. The number of hydrogen-bond acceptors (Lipinski definition) is 10. The number of ether oxygens (including phenoxy) is 6. The van der Waals surface area contributed by atoms with E-state index in [0.717, 1.165) is 102 Å². The number of rotatable bonds is 27. The fourth-order valence-corrected chi connectivity index (χ4v) is 22.3. The lowest BCUT2D eigenvalue weighted by atomic mass is 9.80. The average Bonchev–Trinajstić information content (AvgIpc) is 1.60. The molecule has 10 nitrogen and oxygen atoms in total. The fourth-order valence-electron chi connectivity index (χ4n) is 22.3. The summed E-state index contributed by atoms with van der Waals surface area (Å²) in [6, 6.07) is 78.6. The van der Waals surface area contributed by atoms with Crippen LogP contribution >= 0.6 is 0 Å². The lowest BCUT2D eigenvalue weighted by molar-refractivity contribution is -0.171. The molecule has 21 unspecified atom stereocenters. The van der Waals surface area contributed by atoms with Gasteiger partial charge in [0.15, 0.2) is 0 Å². The number of benzene rings is 10. The van der Waals surface area contributed by atoms with Crippen LogP contribution in [0.25, 0.3) is 21.5 Å². The molecule has 10 heteroatoms. The van der Waals surface area contributed by atoms with Gasteiger partial charge in [0.05, 0.1) is 23.0 Å². The number of fused-ring (bicyclic) bond motifs is 10. The van der Waals surface area contributed by atoms with E-state index >= 15 is 0 Å². The molecule has 0 spiro atoms.